The molecule has 0 aliphatic rings. The van der Waals surface area contributed by atoms with Gasteiger partial charge in [0.2, 0.25) is 5.12 Å². The van der Waals surface area contributed by atoms with Crippen LogP contribution in [0.5, 0.6) is 0 Å². The molecule has 0 aliphatic carbocycles. The molecule has 5 heteroatoms. The van der Waals surface area contributed by atoms with Gasteiger partial charge in [-0.25, -0.2) is 4.98 Å². The number of hydrogen-bond acceptors (Lipinski definition) is 3. The van der Waals surface area contributed by atoms with Gasteiger partial charge < -0.3 is 4.57 Å². The average molecular weight is 347 g/mol. The van der Waals surface area contributed by atoms with Crippen LogP contribution in [0.25, 0.3) is 11.0 Å². The zero-order chi connectivity index (χ0) is 14.1. The highest BCUT2D eigenvalue weighted by atomic mass is 79.9. The van der Waals surface area contributed by atoms with Crippen molar-refractivity contribution < 1.29 is 4.79 Å². The second-order valence-corrected chi connectivity index (χ2v) is 6.19. The molecule has 0 spiro atoms. The molecule has 0 bridgehead atoms. The van der Waals surface area contributed by atoms with E-state index in [1.807, 2.05) is 60.1 Å². The number of benzene rings is 2. The molecule has 0 saturated heterocycles. The first kappa shape index (κ1) is 13.4. The number of imidazole rings is 1. The SMILES string of the molecule is Cn1c(SC(=O)c2ccc(Br)cc2)nc2ccccc21. The number of thioether (sulfide) groups is 1. The number of nitrogens with zero attached hydrogens (tertiary/aromatic N) is 2. The Balaban J connectivity index is 1.91. The molecule has 0 atom stereocenters. The maximum Gasteiger partial charge on any atom is 0.227 e. The number of halogens is 1. The highest BCUT2D eigenvalue weighted by molar-refractivity contribution is 9.10. The lowest BCUT2D eigenvalue weighted by Crippen LogP contribution is -1.97. The molecule has 0 fully saturated rings. The monoisotopic (exact) mass is 346 g/mol. The highest BCUT2D eigenvalue weighted by Gasteiger charge is 2.14. The van der Waals surface area contributed by atoms with Gasteiger partial charge in [-0.2, -0.15) is 0 Å². The van der Waals surface area contributed by atoms with Crippen LogP contribution in [0, 0.1) is 0 Å². The summed E-state index contributed by atoms with van der Waals surface area (Å²) in [5, 5.41) is 0.704. The number of carbonyl (C=O) groups excluding carboxylic acids is 1. The van der Waals surface area contributed by atoms with Crippen LogP contribution >= 0.6 is 27.7 Å². The minimum atomic E-state index is -0.00379. The summed E-state index contributed by atoms with van der Waals surface area (Å²) in [7, 11) is 1.92. The molecule has 0 unspecified atom stereocenters. The number of hydrogen-bond donors (Lipinski definition) is 0. The van der Waals surface area contributed by atoms with Crippen molar-refractivity contribution in [2.75, 3.05) is 0 Å². The maximum absolute atomic E-state index is 12.2. The Morgan fingerprint density at radius 2 is 1.85 bits per heavy atom. The second kappa shape index (κ2) is 5.42. The molecule has 0 amide bonds. The first-order chi connectivity index (χ1) is 9.65. The van der Waals surface area contributed by atoms with Crippen molar-refractivity contribution in [3.8, 4) is 0 Å². The van der Waals surface area contributed by atoms with E-state index < -0.39 is 0 Å². The van der Waals surface area contributed by atoms with E-state index in [0.29, 0.717) is 10.7 Å². The van der Waals surface area contributed by atoms with E-state index in [1.54, 1.807) is 0 Å². The Bertz CT molecular complexity index is 780. The van der Waals surface area contributed by atoms with Gasteiger partial charge in [-0.1, -0.05) is 28.1 Å². The predicted molar refractivity (Wildman–Crippen MR) is 85.0 cm³/mol. The van der Waals surface area contributed by atoms with Gasteiger partial charge >= 0.3 is 0 Å². The van der Waals surface area contributed by atoms with Crippen LogP contribution in [0.15, 0.2) is 58.2 Å². The first-order valence-corrected chi connectivity index (χ1v) is 7.65. The summed E-state index contributed by atoms with van der Waals surface area (Å²) in [6.07, 6.45) is 0. The highest BCUT2D eigenvalue weighted by Crippen LogP contribution is 2.26. The molecule has 0 saturated carbocycles. The van der Waals surface area contributed by atoms with Crippen LogP contribution in [0.3, 0.4) is 0 Å². The lowest BCUT2D eigenvalue weighted by molar-refractivity contribution is 0.108. The molecule has 1 aromatic heterocycles. The zero-order valence-electron chi connectivity index (χ0n) is 10.7. The molecule has 2 aromatic carbocycles. The number of para-hydroxylation sites is 2. The maximum atomic E-state index is 12.2. The van der Waals surface area contributed by atoms with Crippen molar-refractivity contribution in [2.24, 2.45) is 7.05 Å². The summed E-state index contributed by atoms with van der Waals surface area (Å²) in [6.45, 7) is 0. The third kappa shape index (κ3) is 2.51. The Hall–Kier alpha value is -1.59. The van der Waals surface area contributed by atoms with E-state index in [9.17, 15) is 4.79 Å². The summed E-state index contributed by atoms with van der Waals surface area (Å²) >= 11 is 4.51. The van der Waals surface area contributed by atoms with Crippen molar-refractivity contribution >= 4 is 43.8 Å². The zero-order valence-corrected chi connectivity index (χ0v) is 13.1. The van der Waals surface area contributed by atoms with Gasteiger partial charge in [0, 0.05) is 17.1 Å². The largest absolute Gasteiger partial charge is 0.322 e. The minimum absolute atomic E-state index is 0.00379. The normalized spacial score (nSPS) is 10.9. The van der Waals surface area contributed by atoms with Gasteiger partial charge in [0.15, 0.2) is 5.16 Å². The Kier molecular flexibility index (Phi) is 3.63. The van der Waals surface area contributed by atoms with Crippen LogP contribution in [0.4, 0.5) is 0 Å². The number of aromatic nitrogens is 2. The summed E-state index contributed by atoms with van der Waals surface area (Å²) in [5.41, 5.74) is 2.60. The fourth-order valence-corrected chi connectivity index (χ4v) is 3.01. The van der Waals surface area contributed by atoms with Crippen molar-refractivity contribution in [2.45, 2.75) is 5.16 Å². The Labute approximate surface area is 129 Å². The van der Waals surface area contributed by atoms with E-state index in [2.05, 4.69) is 20.9 Å². The quantitative estimate of drug-likeness (QED) is 0.650. The molecule has 0 radical (unpaired) electrons. The molecule has 3 aromatic rings. The van der Waals surface area contributed by atoms with Gasteiger partial charge in [0.1, 0.15) is 0 Å². The van der Waals surface area contributed by atoms with Gasteiger partial charge in [-0.05, 0) is 48.2 Å². The van der Waals surface area contributed by atoms with Crippen molar-refractivity contribution in [1.82, 2.24) is 9.55 Å². The summed E-state index contributed by atoms with van der Waals surface area (Å²) in [6, 6.07) is 15.2. The second-order valence-electron chi connectivity index (χ2n) is 4.34. The molecule has 100 valence electrons. The molecule has 20 heavy (non-hydrogen) atoms. The predicted octanol–water partition coefficient (Wildman–Crippen LogP) is 4.27. The van der Waals surface area contributed by atoms with Crippen LogP contribution in [-0.4, -0.2) is 14.7 Å². The fourth-order valence-electron chi connectivity index (χ4n) is 1.94. The molecule has 0 N–H and O–H groups in total. The summed E-state index contributed by atoms with van der Waals surface area (Å²) < 4.78 is 2.90. The van der Waals surface area contributed by atoms with Crippen LogP contribution in [0.2, 0.25) is 0 Å². The van der Waals surface area contributed by atoms with Crippen LogP contribution in [0.1, 0.15) is 10.4 Å². The van der Waals surface area contributed by atoms with Crippen molar-refractivity contribution in [1.29, 1.82) is 0 Å². The molecular weight excluding hydrogens is 336 g/mol. The Morgan fingerprint density at radius 3 is 2.55 bits per heavy atom. The number of rotatable bonds is 2. The lowest BCUT2D eigenvalue weighted by Gasteiger charge is -2.01. The Morgan fingerprint density at radius 1 is 1.15 bits per heavy atom. The molecular formula is C15H11BrN2OS. The minimum Gasteiger partial charge on any atom is -0.322 e. The van der Waals surface area contributed by atoms with Crippen molar-refractivity contribution in [3.63, 3.8) is 0 Å². The molecule has 0 aliphatic heterocycles. The first-order valence-electron chi connectivity index (χ1n) is 6.04. The molecule has 1 heterocycles. The number of fused-ring (bicyclic) bond motifs is 1. The lowest BCUT2D eigenvalue weighted by atomic mass is 10.2. The van der Waals surface area contributed by atoms with Crippen LogP contribution in [-0.2, 0) is 7.05 Å². The summed E-state index contributed by atoms with van der Waals surface area (Å²) in [5.74, 6) is 0. The average Bonchev–Trinajstić information content (AvgIpc) is 2.77. The topological polar surface area (TPSA) is 34.9 Å². The third-order valence-corrected chi connectivity index (χ3v) is 4.51. The van der Waals surface area contributed by atoms with Gasteiger partial charge in [-0.3, -0.25) is 4.79 Å². The third-order valence-electron chi connectivity index (χ3n) is 3.01. The molecule has 3 nitrogen and oxygen atoms in total. The van der Waals surface area contributed by atoms with E-state index in [1.165, 1.54) is 0 Å². The molecule has 3 rings (SSSR count). The number of aryl methyl sites for hydroxylation is 1. The summed E-state index contributed by atoms with van der Waals surface area (Å²) in [4.78, 5) is 16.7. The van der Waals surface area contributed by atoms with E-state index >= 15 is 0 Å². The number of carbonyl (C=O) groups is 1. The van der Waals surface area contributed by atoms with E-state index in [4.69, 9.17) is 0 Å². The van der Waals surface area contributed by atoms with Gasteiger partial charge in [-0.15, -0.1) is 0 Å². The van der Waals surface area contributed by atoms with E-state index in [-0.39, 0.29) is 5.12 Å². The van der Waals surface area contributed by atoms with Crippen LogP contribution < -0.4 is 0 Å². The van der Waals surface area contributed by atoms with Crippen molar-refractivity contribution in [3.05, 3.63) is 58.6 Å². The standard InChI is InChI=1S/C15H11BrN2OS/c1-18-13-5-3-2-4-12(13)17-15(18)20-14(19)10-6-8-11(16)9-7-10/h2-9H,1H3. The fraction of sp³-hybridized carbons (Fsp3) is 0.0667. The van der Waals surface area contributed by atoms with Gasteiger partial charge in [0.05, 0.1) is 11.0 Å². The van der Waals surface area contributed by atoms with E-state index in [0.717, 1.165) is 27.3 Å². The van der Waals surface area contributed by atoms with Gasteiger partial charge in [0.25, 0.3) is 0 Å². The smallest absolute Gasteiger partial charge is 0.227 e.